The first-order valence-corrected chi connectivity index (χ1v) is 13.7. The van der Waals surface area contributed by atoms with Crippen LogP contribution < -0.4 is 10.1 Å². The van der Waals surface area contributed by atoms with Gasteiger partial charge >= 0.3 is 5.97 Å². The SMILES string of the molecule is CCCCCCCCCCCCOC(=O)c1cccc(NC(=O)C(Cl)(Cl)C(=O)c2ccc(OC)cc2)c1. The molecular weight excluding hydrogens is 513 g/mol. The smallest absolute Gasteiger partial charge is 0.338 e. The second-order valence-corrected chi connectivity index (χ2v) is 10.3. The Hall–Kier alpha value is -2.57. The van der Waals surface area contributed by atoms with Crippen LogP contribution in [0.15, 0.2) is 48.5 Å². The van der Waals surface area contributed by atoms with Gasteiger partial charge in [0.2, 0.25) is 5.78 Å². The van der Waals surface area contributed by atoms with Crippen LogP contribution in [0.25, 0.3) is 0 Å². The molecule has 0 aromatic heterocycles. The standard InChI is InChI=1S/C29H37Cl2NO5/c1-3-4-5-6-7-8-9-10-11-12-20-37-27(34)23-14-13-15-24(21-23)32-28(35)29(30,31)26(33)22-16-18-25(36-2)19-17-22/h13-19,21H,3-12,20H2,1-2H3,(H,32,35). The summed E-state index contributed by atoms with van der Waals surface area (Å²) >= 11 is 12.3. The molecule has 0 fully saturated rings. The van der Waals surface area contributed by atoms with E-state index in [0.717, 1.165) is 19.3 Å². The van der Waals surface area contributed by atoms with Gasteiger partial charge in [-0.05, 0) is 48.9 Å². The number of alkyl halides is 2. The molecule has 0 saturated carbocycles. The Labute approximate surface area is 230 Å². The van der Waals surface area contributed by atoms with Gasteiger partial charge in [-0.1, -0.05) is 94.0 Å². The van der Waals surface area contributed by atoms with Crippen molar-refractivity contribution < 1.29 is 23.9 Å². The van der Waals surface area contributed by atoms with E-state index >= 15 is 0 Å². The lowest BCUT2D eigenvalue weighted by Crippen LogP contribution is -2.40. The van der Waals surface area contributed by atoms with Crippen LogP contribution in [-0.4, -0.2) is 35.7 Å². The number of carbonyl (C=O) groups is 3. The number of hydrogen-bond acceptors (Lipinski definition) is 5. The molecule has 2 aromatic rings. The first-order valence-electron chi connectivity index (χ1n) is 12.9. The number of esters is 1. The van der Waals surface area contributed by atoms with E-state index in [0.29, 0.717) is 12.4 Å². The van der Waals surface area contributed by atoms with Crippen molar-refractivity contribution in [1.82, 2.24) is 0 Å². The Balaban J connectivity index is 1.78. The zero-order valence-electron chi connectivity index (χ0n) is 21.7. The molecule has 1 amide bonds. The van der Waals surface area contributed by atoms with Gasteiger partial charge in [-0.15, -0.1) is 0 Å². The molecule has 6 nitrogen and oxygen atoms in total. The Kier molecular flexibility index (Phi) is 13.5. The molecule has 0 spiro atoms. The first kappa shape index (κ1) is 30.7. The number of ketones is 1. The number of nitrogens with one attached hydrogen (secondary N) is 1. The van der Waals surface area contributed by atoms with Gasteiger partial charge in [-0.2, -0.15) is 0 Å². The van der Waals surface area contributed by atoms with E-state index in [2.05, 4.69) is 12.2 Å². The van der Waals surface area contributed by atoms with Crippen molar-refractivity contribution in [1.29, 1.82) is 0 Å². The van der Waals surface area contributed by atoms with Gasteiger partial charge in [0.25, 0.3) is 10.2 Å². The van der Waals surface area contributed by atoms with E-state index in [1.54, 1.807) is 30.3 Å². The van der Waals surface area contributed by atoms with Gasteiger partial charge in [-0.25, -0.2) is 4.79 Å². The van der Waals surface area contributed by atoms with Gasteiger partial charge in [0.1, 0.15) is 5.75 Å². The molecule has 0 aliphatic rings. The number of ether oxygens (including phenoxy) is 2. The summed E-state index contributed by atoms with van der Waals surface area (Å²) in [6.07, 6.45) is 12.0. The largest absolute Gasteiger partial charge is 0.497 e. The predicted molar refractivity (Wildman–Crippen MR) is 149 cm³/mol. The average Bonchev–Trinajstić information content (AvgIpc) is 2.91. The van der Waals surface area contributed by atoms with E-state index in [1.807, 2.05) is 0 Å². The molecule has 2 rings (SSSR count). The Morgan fingerprint density at radius 3 is 2.00 bits per heavy atom. The molecule has 37 heavy (non-hydrogen) atoms. The molecule has 0 saturated heterocycles. The lowest BCUT2D eigenvalue weighted by molar-refractivity contribution is -0.116. The fourth-order valence-corrected chi connectivity index (χ4v) is 4.11. The molecule has 0 radical (unpaired) electrons. The molecule has 0 unspecified atom stereocenters. The number of methoxy groups -OCH3 is 1. The lowest BCUT2D eigenvalue weighted by atomic mass is 10.1. The average molecular weight is 551 g/mol. The lowest BCUT2D eigenvalue weighted by Gasteiger charge is -2.18. The minimum atomic E-state index is -2.36. The topological polar surface area (TPSA) is 81.7 Å². The van der Waals surface area contributed by atoms with Crippen molar-refractivity contribution in [3.05, 3.63) is 59.7 Å². The molecule has 0 heterocycles. The predicted octanol–water partition coefficient (Wildman–Crippen LogP) is 7.77. The van der Waals surface area contributed by atoms with Crippen LogP contribution >= 0.6 is 23.2 Å². The van der Waals surface area contributed by atoms with Gasteiger partial charge in [0.05, 0.1) is 19.3 Å². The molecule has 0 aliphatic heterocycles. The van der Waals surface area contributed by atoms with Crippen LogP contribution in [0.5, 0.6) is 5.75 Å². The molecular formula is C29H37Cl2NO5. The van der Waals surface area contributed by atoms with Crippen LogP contribution in [0.2, 0.25) is 0 Å². The number of Topliss-reactive ketones (excluding diaryl/α,β-unsaturated/α-hetero) is 1. The van der Waals surface area contributed by atoms with Gasteiger partial charge in [-0.3, -0.25) is 9.59 Å². The van der Waals surface area contributed by atoms with Crippen molar-refractivity contribution in [2.75, 3.05) is 19.0 Å². The highest BCUT2D eigenvalue weighted by Crippen LogP contribution is 2.29. The number of amides is 1. The summed E-state index contributed by atoms with van der Waals surface area (Å²) in [5.41, 5.74) is 0.706. The number of unbranched alkanes of at least 4 members (excludes halogenated alkanes) is 9. The maximum absolute atomic E-state index is 12.7. The van der Waals surface area contributed by atoms with Gasteiger partial charge in [0.15, 0.2) is 0 Å². The second kappa shape index (κ2) is 16.3. The first-order chi connectivity index (χ1) is 17.8. The maximum Gasteiger partial charge on any atom is 0.338 e. The van der Waals surface area contributed by atoms with Crippen molar-refractivity contribution in [3.63, 3.8) is 0 Å². The minimum absolute atomic E-state index is 0.158. The molecule has 8 heteroatoms. The van der Waals surface area contributed by atoms with Crippen molar-refractivity contribution >= 4 is 46.5 Å². The maximum atomic E-state index is 12.7. The van der Waals surface area contributed by atoms with Crippen LogP contribution in [0.4, 0.5) is 5.69 Å². The highest BCUT2D eigenvalue weighted by molar-refractivity contribution is 6.70. The number of carbonyl (C=O) groups excluding carboxylic acids is 3. The van der Waals surface area contributed by atoms with E-state index in [-0.39, 0.29) is 16.8 Å². The molecule has 202 valence electrons. The molecule has 1 N–H and O–H groups in total. The zero-order valence-corrected chi connectivity index (χ0v) is 23.2. The summed E-state index contributed by atoms with van der Waals surface area (Å²) in [6.45, 7) is 2.57. The molecule has 0 aliphatic carbocycles. The van der Waals surface area contributed by atoms with Gasteiger partial charge in [0, 0.05) is 11.3 Å². The summed E-state index contributed by atoms with van der Waals surface area (Å²) in [6, 6.07) is 12.3. The number of anilines is 1. The Morgan fingerprint density at radius 2 is 1.41 bits per heavy atom. The summed E-state index contributed by atoms with van der Waals surface area (Å²) in [5.74, 6) is -1.63. The monoisotopic (exact) mass is 549 g/mol. The number of rotatable bonds is 17. The Bertz CT molecular complexity index is 1010. The normalized spacial score (nSPS) is 11.1. The van der Waals surface area contributed by atoms with E-state index in [9.17, 15) is 14.4 Å². The van der Waals surface area contributed by atoms with Crippen LogP contribution in [-0.2, 0) is 9.53 Å². The van der Waals surface area contributed by atoms with Crippen LogP contribution in [0.1, 0.15) is 91.8 Å². The zero-order chi connectivity index (χ0) is 27.1. The van der Waals surface area contributed by atoms with Crippen molar-refractivity contribution in [2.24, 2.45) is 0 Å². The minimum Gasteiger partial charge on any atom is -0.497 e. The quantitative estimate of drug-likeness (QED) is 0.0716. The van der Waals surface area contributed by atoms with Gasteiger partial charge < -0.3 is 14.8 Å². The van der Waals surface area contributed by atoms with Crippen molar-refractivity contribution in [3.8, 4) is 5.75 Å². The third-order valence-electron chi connectivity index (χ3n) is 6.01. The highest BCUT2D eigenvalue weighted by atomic mass is 35.5. The number of halogens is 2. The Morgan fingerprint density at radius 1 is 0.811 bits per heavy atom. The fraction of sp³-hybridized carbons (Fsp3) is 0.483. The van der Waals surface area contributed by atoms with Crippen molar-refractivity contribution in [2.45, 2.75) is 75.5 Å². The third-order valence-corrected chi connectivity index (χ3v) is 6.70. The third kappa shape index (κ3) is 10.4. The highest BCUT2D eigenvalue weighted by Gasteiger charge is 2.42. The molecule has 0 bridgehead atoms. The summed E-state index contributed by atoms with van der Waals surface area (Å²) < 4.78 is 8.08. The van der Waals surface area contributed by atoms with Crippen LogP contribution in [0, 0.1) is 0 Å². The molecule has 0 atom stereocenters. The summed E-state index contributed by atoms with van der Waals surface area (Å²) in [4.78, 5) is 37.9. The number of hydrogen-bond donors (Lipinski definition) is 1. The summed E-state index contributed by atoms with van der Waals surface area (Å²) in [5, 5.41) is 2.51. The van der Waals surface area contributed by atoms with E-state index in [4.69, 9.17) is 32.7 Å². The van der Waals surface area contributed by atoms with E-state index in [1.165, 1.54) is 70.3 Å². The number of benzene rings is 2. The summed E-state index contributed by atoms with van der Waals surface area (Å²) in [7, 11) is 1.50. The second-order valence-electron chi connectivity index (χ2n) is 8.98. The fourth-order valence-electron chi connectivity index (χ4n) is 3.80. The van der Waals surface area contributed by atoms with Crippen LogP contribution in [0.3, 0.4) is 0 Å². The van der Waals surface area contributed by atoms with E-state index < -0.39 is 22.0 Å². The molecule has 2 aromatic carbocycles.